The van der Waals surface area contributed by atoms with Gasteiger partial charge in [0.25, 0.3) is 0 Å². The molecule has 3 rings (SSSR count). The van der Waals surface area contributed by atoms with Gasteiger partial charge in [0, 0.05) is 12.6 Å². The summed E-state index contributed by atoms with van der Waals surface area (Å²) in [6.07, 6.45) is 0. The fourth-order valence-electron chi connectivity index (χ4n) is 2.23. The van der Waals surface area contributed by atoms with Crippen molar-refractivity contribution in [2.24, 2.45) is 0 Å². The van der Waals surface area contributed by atoms with Crippen molar-refractivity contribution >= 4 is 11.6 Å². The molecule has 1 aliphatic rings. The molecule has 0 aliphatic carbocycles. The molecule has 110 valence electrons. The molecule has 0 saturated heterocycles. The second-order valence-electron chi connectivity index (χ2n) is 5.00. The van der Waals surface area contributed by atoms with Gasteiger partial charge >= 0.3 is 0 Å². The minimum atomic E-state index is 0.101. The molecule has 0 fully saturated rings. The van der Waals surface area contributed by atoms with Gasteiger partial charge in [-0.15, -0.1) is 0 Å². The average molecular weight is 306 g/mol. The summed E-state index contributed by atoms with van der Waals surface area (Å²) in [6.45, 7) is 3.03. The average Bonchev–Trinajstić information content (AvgIpc) is 2.95. The minimum Gasteiger partial charge on any atom is -0.506 e. The Balaban J connectivity index is 1.66. The Morgan fingerprint density at radius 2 is 2.00 bits per heavy atom. The first kappa shape index (κ1) is 14.0. The number of benzene rings is 2. The highest BCUT2D eigenvalue weighted by atomic mass is 35.5. The van der Waals surface area contributed by atoms with Gasteiger partial charge in [0.15, 0.2) is 11.5 Å². The minimum absolute atomic E-state index is 0.101. The predicted octanol–water partition coefficient (Wildman–Crippen LogP) is 3.63. The normalized spacial score (nSPS) is 14.2. The lowest BCUT2D eigenvalue weighted by atomic mass is 10.1. The van der Waals surface area contributed by atoms with E-state index in [0.717, 1.165) is 22.6 Å². The predicted molar refractivity (Wildman–Crippen MR) is 80.9 cm³/mol. The summed E-state index contributed by atoms with van der Waals surface area (Å²) in [6, 6.07) is 11.3. The number of phenols is 1. The molecule has 1 aliphatic heterocycles. The third kappa shape index (κ3) is 3.06. The standard InChI is InChI=1S/C16H16ClNO3/c1-10(12-3-5-15-16(7-12)21-9-20-15)18-8-11-2-4-14(19)13(17)6-11/h2-7,10,18-19H,8-9H2,1H3. The lowest BCUT2D eigenvalue weighted by molar-refractivity contribution is 0.174. The first-order valence-corrected chi connectivity index (χ1v) is 7.11. The molecule has 5 heteroatoms. The van der Waals surface area contributed by atoms with Crippen LogP contribution in [0.3, 0.4) is 0 Å². The lowest BCUT2D eigenvalue weighted by Crippen LogP contribution is -2.18. The zero-order valence-corrected chi connectivity index (χ0v) is 12.4. The number of halogens is 1. The zero-order chi connectivity index (χ0) is 14.8. The van der Waals surface area contributed by atoms with E-state index >= 15 is 0 Å². The second-order valence-corrected chi connectivity index (χ2v) is 5.41. The van der Waals surface area contributed by atoms with Crippen molar-refractivity contribution in [3.8, 4) is 17.2 Å². The Labute approximate surface area is 128 Å². The molecule has 2 aromatic carbocycles. The largest absolute Gasteiger partial charge is 0.506 e. The summed E-state index contributed by atoms with van der Waals surface area (Å²) in [4.78, 5) is 0. The van der Waals surface area contributed by atoms with Crippen LogP contribution >= 0.6 is 11.6 Å². The third-order valence-electron chi connectivity index (χ3n) is 3.52. The molecule has 0 radical (unpaired) electrons. The zero-order valence-electron chi connectivity index (χ0n) is 11.6. The van der Waals surface area contributed by atoms with E-state index in [-0.39, 0.29) is 18.6 Å². The number of fused-ring (bicyclic) bond motifs is 1. The maximum Gasteiger partial charge on any atom is 0.231 e. The topological polar surface area (TPSA) is 50.7 Å². The summed E-state index contributed by atoms with van der Waals surface area (Å²) in [5.74, 6) is 1.68. The van der Waals surface area contributed by atoms with Crippen molar-refractivity contribution in [3.63, 3.8) is 0 Å². The Kier molecular flexibility index (Phi) is 3.90. The molecule has 2 N–H and O–H groups in total. The van der Waals surface area contributed by atoms with Crippen molar-refractivity contribution in [2.45, 2.75) is 19.5 Å². The molecule has 2 aromatic rings. The summed E-state index contributed by atoms with van der Waals surface area (Å²) in [5.41, 5.74) is 2.15. The van der Waals surface area contributed by atoms with Gasteiger partial charge in [-0.1, -0.05) is 23.7 Å². The van der Waals surface area contributed by atoms with Gasteiger partial charge in [0.05, 0.1) is 5.02 Å². The van der Waals surface area contributed by atoms with Crippen LogP contribution in [-0.4, -0.2) is 11.9 Å². The van der Waals surface area contributed by atoms with E-state index in [1.807, 2.05) is 24.3 Å². The quantitative estimate of drug-likeness (QED) is 0.906. The van der Waals surface area contributed by atoms with Crippen LogP contribution in [0.2, 0.25) is 5.02 Å². The first-order chi connectivity index (χ1) is 10.1. The van der Waals surface area contributed by atoms with E-state index in [1.54, 1.807) is 12.1 Å². The second kappa shape index (κ2) is 5.84. The van der Waals surface area contributed by atoms with Crippen molar-refractivity contribution in [1.29, 1.82) is 0 Å². The summed E-state index contributed by atoms with van der Waals surface area (Å²) >= 11 is 5.90. The molecule has 0 bridgehead atoms. The van der Waals surface area contributed by atoms with Crippen molar-refractivity contribution in [3.05, 3.63) is 52.5 Å². The molecule has 0 amide bonds. The SMILES string of the molecule is CC(NCc1ccc(O)c(Cl)c1)c1ccc2c(c1)OCO2. The Morgan fingerprint density at radius 3 is 2.81 bits per heavy atom. The molecule has 4 nitrogen and oxygen atoms in total. The molecular formula is C16H16ClNO3. The fraction of sp³-hybridized carbons (Fsp3) is 0.250. The summed E-state index contributed by atoms with van der Waals surface area (Å²) < 4.78 is 10.7. The van der Waals surface area contributed by atoms with E-state index in [4.69, 9.17) is 21.1 Å². The Hall–Kier alpha value is -1.91. The Morgan fingerprint density at radius 1 is 1.19 bits per heavy atom. The van der Waals surface area contributed by atoms with Crippen molar-refractivity contribution < 1.29 is 14.6 Å². The maximum atomic E-state index is 9.41. The van der Waals surface area contributed by atoms with Crippen molar-refractivity contribution in [2.75, 3.05) is 6.79 Å². The van der Waals surface area contributed by atoms with Gasteiger partial charge in [-0.25, -0.2) is 0 Å². The van der Waals surface area contributed by atoms with E-state index in [2.05, 4.69) is 12.2 Å². The van der Waals surface area contributed by atoms with Gasteiger partial charge < -0.3 is 19.9 Å². The van der Waals surface area contributed by atoms with E-state index in [9.17, 15) is 5.11 Å². The summed E-state index contributed by atoms with van der Waals surface area (Å²) in [7, 11) is 0. The van der Waals surface area contributed by atoms with Crippen LogP contribution in [0.1, 0.15) is 24.1 Å². The Bertz CT molecular complexity index is 660. The lowest BCUT2D eigenvalue weighted by Gasteiger charge is -2.15. The number of hydrogen-bond acceptors (Lipinski definition) is 4. The van der Waals surface area contributed by atoms with Crippen LogP contribution in [0.15, 0.2) is 36.4 Å². The van der Waals surface area contributed by atoms with Crippen LogP contribution in [0.4, 0.5) is 0 Å². The molecule has 0 saturated carbocycles. The van der Waals surface area contributed by atoms with Gasteiger partial charge in [-0.3, -0.25) is 0 Å². The molecule has 1 heterocycles. The number of ether oxygens (including phenoxy) is 2. The van der Waals surface area contributed by atoms with Gasteiger partial charge in [-0.05, 0) is 42.3 Å². The van der Waals surface area contributed by atoms with Crippen LogP contribution in [-0.2, 0) is 6.54 Å². The number of nitrogens with one attached hydrogen (secondary N) is 1. The number of aromatic hydroxyl groups is 1. The third-order valence-corrected chi connectivity index (χ3v) is 3.82. The van der Waals surface area contributed by atoms with Crippen LogP contribution in [0.5, 0.6) is 17.2 Å². The van der Waals surface area contributed by atoms with Gasteiger partial charge in [-0.2, -0.15) is 0 Å². The number of hydrogen-bond donors (Lipinski definition) is 2. The monoisotopic (exact) mass is 305 g/mol. The van der Waals surface area contributed by atoms with Crippen LogP contribution < -0.4 is 14.8 Å². The van der Waals surface area contributed by atoms with Gasteiger partial charge in [0.2, 0.25) is 6.79 Å². The van der Waals surface area contributed by atoms with Crippen LogP contribution in [0.25, 0.3) is 0 Å². The van der Waals surface area contributed by atoms with E-state index in [1.165, 1.54) is 0 Å². The number of phenolic OH excluding ortho intramolecular Hbond substituents is 1. The van der Waals surface area contributed by atoms with E-state index in [0.29, 0.717) is 11.6 Å². The molecule has 1 atom stereocenters. The fourth-order valence-corrected chi connectivity index (χ4v) is 2.43. The smallest absolute Gasteiger partial charge is 0.231 e. The van der Waals surface area contributed by atoms with Crippen LogP contribution in [0, 0.1) is 0 Å². The first-order valence-electron chi connectivity index (χ1n) is 6.74. The van der Waals surface area contributed by atoms with E-state index < -0.39 is 0 Å². The van der Waals surface area contributed by atoms with Crippen molar-refractivity contribution in [1.82, 2.24) is 5.32 Å². The molecular weight excluding hydrogens is 290 g/mol. The number of rotatable bonds is 4. The molecule has 1 unspecified atom stereocenters. The van der Waals surface area contributed by atoms with Gasteiger partial charge in [0.1, 0.15) is 5.75 Å². The highest BCUT2D eigenvalue weighted by Gasteiger charge is 2.15. The molecule has 0 spiro atoms. The summed E-state index contributed by atoms with van der Waals surface area (Å²) in [5, 5.41) is 13.2. The highest BCUT2D eigenvalue weighted by molar-refractivity contribution is 6.32. The maximum absolute atomic E-state index is 9.41. The highest BCUT2D eigenvalue weighted by Crippen LogP contribution is 2.34. The molecule has 0 aromatic heterocycles. The molecule has 21 heavy (non-hydrogen) atoms.